The highest BCUT2D eigenvalue weighted by Gasteiger charge is 2.70. The van der Waals surface area contributed by atoms with Crippen LogP contribution in [0.3, 0.4) is 0 Å². The molecule has 2 aliphatic carbocycles. The van der Waals surface area contributed by atoms with E-state index in [1.807, 2.05) is 6.92 Å². The van der Waals surface area contributed by atoms with Crippen molar-refractivity contribution in [3.63, 3.8) is 0 Å². The molecule has 0 aromatic rings. The van der Waals surface area contributed by atoms with Crippen LogP contribution in [0.15, 0.2) is 11.6 Å². The van der Waals surface area contributed by atoms with Crippen LogP contribution in [0, 0.1) is 11.3 Å². The van der Waals surface area contributed by atoms with Gasteiger partial charge in [-0.15, -0.1) is 0 Å². The molecule has 1 N–H and O–H groups in total. The molecule has 5 unspecified atom stereocenters. The molecular formula is C17H25F3O3. The van der Waals surface area contributed by atoms with Crippen molar-refractivity contribution in [3.05, 3.63) is 11.6 Å². The van der Waals surface area contributed by atoms with Gasteiger partial charge in [0, 0.05) is 18.6 Å². The Morgan fingerprint density at radius 2 is 2.00 bits per heavy atom. The van der Waals surface area contributed by atoms with Crippen molar-refractivity contribution < 1.29 is 27.8 Å². The first-order chi connectivity index (χ1) is 10.6. The number of alkyl halides is 3. The van der Waals surface area contributed by atoms with Crippen LogP contribution in [0.25, 0.3) is 0 Å². The van der Waals surface area contributed by atoms with E-state index in [4.69, 9.17) is 9.47 Å². The van der Waals surface area contributed by atoms with Gasteiger partial charge in [0.15, 0.2) is 0 Å². The molecule has 2 saturated carbocycles. The fourth-order valence-electron chi connectivity index (χ4n) is 4.50. The van der Waals surface area contributed by atoms with Crippen LogP contribution in [0.1, 0.15) is 46.0 Å². The lowest BCUT2D eigenvalue weighted by Crippen LogP contribution is -2.51. The first kappa shape index (κ1) is 17.2. The van der Waals surface area contributed by atoms with Gasteiger partial charge in [-0.1, -0.05) is 6.08 Å². The van der Waals surface area contributed by atoms with Crippen LogP contribution in [-0.2, 0) is 9.47 Å². The van der Waals surface area contributed by atoms with E-state index in [9.17, 15) is 18.3 Å². The van der Waals surface area contributed by atoms with Crippen LogP contribution >= 0.6 is 0 Å². The van der Waals surface area contributed by atoms with E-state index in [-0.39, 0.29) is 30.0 Å². The second-order valence-corrected chi connectivity index (χ2v) is 7.56. The topological polar surface area (TPSA) is 42.0 Å². The summed E-state index contributed by atoms with van der Waals surface area (Å²) in [4.78, 5) is 0. The fraction of sp³-hybridized carbons (Fsp3) is 0.882. The zero-order valence-corrected chi connectivity index (χ0v) is 13.8. The van der Waals surface area contributed by atoms with E-state index in [0.29, 0.717) is 0 Å². The molecular weight excluding hydrogens is 309 g/mol. The minimum Gasteiger partial charge on any atom is -0.390 e. The fourth-order valence-corrected chi connectivity index (χ4v) is 4.50. The Kier molecular flexibility index (Phi) is 4.09. The third kappa shape index (κ3) is 2.94. The van der Waals surface area contributed by atoms with Gasteiger partial charge in [-0.25, -0.2) is 0 Å². The molecule has 0 amide bonds. The van der Waals surface area contributed by atoms with Crippen LogP contribution in [-0.4, -0.2) is 42.3 Å². The van der Waals surface area contributed by atoms with E-state index < -0.39 is 23.5 Å². The van der Waals surface area contributed by atoms with E-state index in [1.165, 1.54) is 6.08 Å². The summed E-state index contributed by atoms with van der Waals surface area (Å²) in [6.07, 6.45) is -0.00782. The third-order valence-corrected chi connectivity index (χ3v) is 6.15. The van der Waals surface area contributed by atoms with Crippen molar-refractivity contribution in [1.82, 2.24) is 0 Å². The zero-order valence-electron chi connectivity index (χ0n) is 13.8. The molecule has 0 aromatic heterocycles. The quantitative estimate of drug-likeness (QED) is 0.631. The second kappa shape index (κ2) is 5.46. The van der Waals surface area contributed by atoms with Gasteiger partial charge < -0.3 is 14.6 Å². The molecule has 0 radical (unpaired) electrons. The maximum atomic E-state index is 12.6. The number of halogens is 3. The smallest absolute Gasteiger partial charge is 0.390 e. The van der Waals surface area contributed by atoms with E-state index in [1.54, 1.807) is 7.11 Å². The summed E-state index contributed by atoms with van der Waals surface area (Å²) in [5.41, 5.74) is -0.934. The van der Waals surface area contributed by atoms with Crippen molar-refractivity contribution in [2.24, 2.45) is 11.3 Å². The summed E-state index contributed by atoms with van der Waals surface area (Å²) in [6.45, 7) is 3.05. The first-order valence-electron chi connectivity index (χ1n) is 8.27. The van der Waals surface area contributed by atoms with Crippen molar-refractivity contribution in [3.8, 4) is 0 Å². The van der Waals surface area contributed by atoms with Gasteiger partial charge in [0.2, 0.25) is 0 Å². The third-order valence-electron chi connectivity index (χ3n) is 6.15. The average Bonchev–Trinajstić information content (AvgIpc) is 3.36. The Morgan fingerprint density at radius 1 is 1.35 bits per heavy atom. The van der Waals surface area contributed by atoms with Gasteiger partial charge in [-0.2, -0.15) is 13.2 Å². The molecule has 3 nitrogen and oxygen atoms in total. The summed E-state index contributed by atoms with van der Waals surface area (Å²) >= 11 is 0. The zero-order chi connectivity index (χ0) is 17.0. The average molecular weight is 334 g/mol. The number of hydrogen-bond donors (Lipinski definition) is 1. The SMILES string of the molecule is COC1C(O)CCC2(CC2)C1C1(C)OC1CC=C(C)C(F)(F)F. The van der Waals surface area contributed by atoms with Crippen LogP contribution in [0.5, 0.6) is 0 Å². The van der Waals surface area contributed by atoms with Crippen LogP contribution < -0.4 is 0 Å². The lowest BCUT2D eigenvalue weighted by molar-refractivity contribution is -0.116. The van der Waals surface area contributed by atoms with Gasteiger partial charge in [0.25, 0.3) is 0 Å². The molecule has 0 bridgehead atoms. The molecule has 1 saturated heterocycles. The lowest BCUT2D eigenvalue weighted by Gasteiger charge is -2.43. The second-order valence-electron chi connectivity index (χ2n) is 7.56. The van der Waals surface area contributed by atoms with Crippen molar-refractivity contribution in [2.45, 2.75) is 76.0 Å². The van der Waals surface area contributed by atoms with Gasteiger partial charge >= 0.3 is 6.18 Å². The largest absolute Gasteiger partial charge is 0.412 e. The maximum Gasteiger partial charge on any atom is 0.412 e. The molecule has 6 heteroatoms. The normalized spacial score (nSPS) is 42.8. The number of rotatable bonds is 4. The number of methoxy groups -OCH3 is 1. The maximum absolute atomic E-state index is 12.6. The standard InChI is InChI=1S/C17H25F3O3/c1-10(17(18,19)20)4-5-12-15(2,23-12)14-13(22-3)11(21)6-7-16(14)8-9-16/h4,11-14,21H,5-9H2,1-3H3. The van der Waals surface area contributed by atoms with Crippen molar-refractivity contribution in [2.75, 3.05) is 7.11 Å². The van der Waals surface area contributed by atoms with Gasteiger partial charge in [-0.05, 0) is 51.4 Å². The summed E-state index contributed by atoms with van der Waals surface area (Å²) in [5, 5.41) is 10.3. The number of ether oxygens (including phenoxy) is 2. The summed E-state index contributed by atoms with van der Waals surface area (Å²) in [5.74, 6) is 0.0494. The first-order valence-corrected chi connectivity index (χ1v) is 8.27. The minimum absolute atomic E-state index is 0.0494. The van der Waals surface area contributed by atoms with E-state index in [2.05, 4.69) is 0 Å². The van der Waals surface area contributed by atoms with Gasteiger partial charge in [-0.3, -0.25) is 0 Å². The summed E-state index contributed by atoms with van der Waals surface area (Å²) < 4.78 is 49.2. The Bertz CT molecular complexity index is 498. The monoisotopic (exact) mass is 334 g/mol. The lowest BCUT2D eigenvalue weighted by atomic mass is 9.66. The molecule has 132 valence electrons. The van der Waals surface area contributed by atoms with Crippen molar-refractivity contribution in [1.29, 1.82) is 0 Å². The highest BCUT2D eigenvalue weighted by molar-refractivity contribution is 5.20. The number of epoxide rings is 1. The Hall–Kier alpha value is -0.590. The Labute approximate surface area is 134 Å². The van der Waals surface area contributed by atoms with Gasteiger partial charge in [0.05, 0.1) is 23.9 Å². The minimum atomic E-state index is -4.28. The number of aliphatic hydroxyl groups excluding tert-OH is 1. The highest BCUT2D eigenvalue weighted by atomic mass is 19.4. The summed E-state index contributed by atoms with van der Waals surface area (Å²) in [6, 6.07) is 0. The van der Waals surface area contributed by atoms with Crippen LogP contribution in [0.4, 0.5) is 13.2 Å². The summed E-state index contributed by atoms with van der Waals surface area (Å²) in [7, 11) is 1.59. The van der Waals surface area contributed by atoms with E-state index in [0.717, 1.165) is 32.6 Å². The molecule has 1 aliphatic heterocycles. The predicted molar refractivity (Wildman–Crippen MR) is 78.9 cm³/mol. The van der Waals surface area contributed by atoms with E-state index >= 15 is 0 Å². The Morgan fingerprint density at radius 3 is 2.52 bits per heavy atom. The number of hydrogen-bond acceptors (Lipinski definition) is 3. The molecule has 1 spiro atoms. The molecule has 5 atom stereocenters. The van der Waals surface area contributed by atoms with Crippen LogP contribution in [0.2, 0.25) is 0 Å². The van der Waals surface area contributed by atoms with Gasteiger partial charge in [0.1, 0.15) is 0 Å². The molecule has 3 fully saturated rings. The highest BCUT2D eigenvalue weighted by Crippen LogP contribution is 2.67. The Balaban J connectivity index is 1.73. The number of allylic oxidation sites excluding steroid dienone is 1. The predicted octanol–water partition coefficient (Wildman–Crippen LogP) is 3.61. The molecule has 3 rings (SSSR count). The number of aliphatic hydroxyl groups is 1. The molecule has 3 aliphatic rings. The molecule has 0 aromatic carbocycles. The molecule has 23 heavy (non-hydrogen) atoms. The molecule has 1 heterocycles. The van der Waals surface area contributed by atoms with Crippen molar-refractivity contribution >= 4 is 0 Å².